The average molecular weight is 276 g/mol. The Hall–Kier alpha value is -2.96. The highest BCUT2D eigenvalue weighted by Crippen LogP contribution is 2.19. The van der Waals surface area contributed by atoms with Crippen LogP contribution in [0.1, 0.15) is 20.7 Å². The van der Waals surface area contributed by atoms with Crippen LogP contribution >= 0.6 is 0 Å². The van der Waals surface area contributed by atoms with Crippen LogP contribution in [-0.2, 0) is 0 Å². The molecule has 2 rings (SSSR count). The molecule has 0 radical (unpaired) electrons. The third kappa shape index (κ3) is 2.72. The SMILES string of the molecule is O=C(Nc1cccc(F)c1C(=O)O)c1cc[nH]c(=O)c1. The summed E-state index contributed by atoms with van der Waals surface area (Å²) < 4.78 is 13.4. The van der Waals surface area contributed by atoms with Crippen molar-refractivity contribution in [3.63, 3.8) is 0 Å². The standard InChI is InChI=1S/C13H9FN2O4/c14-8-2-1-3-9(11(8)13(19)20)16-12(18)7-4-5-15-10(17)6-7/h1-6H,(H,15,17)(H,16,18)(H,19,20). The molecule has 0 bridgehead atoms. The number of H-pyrrole nitrogens is 1. The number of carboxylic acids is 1. The molecule has 0 spiro atoms. The van der Waals surface area contributed by atoms with Crippen LogP contribution < -0.4 is 10.9 Å². The lowest BCUT2D eigenvalue weighted by atomic mass is 10.1. The van der Waals surface area contributed by atoms with Gasteiger partial charge in [0.15, 0.2) is 0 Å². The highest BCUT2D eigenvalue weighted by atomic mass is 19.1. The van der Waals surface area contributed by atoms with Crippen molar-refractivity contribution < 1.29 is 19.1 Å². The van der Waals surface area contributed by atoms with Gasteiger partial charge in [0.05, 0.1) is 5.69 Å². The Bertz CT molecular complexity index is 739. The fourth-order valence-corrected chi connectivity index (χ4v) is 1.63. The first-order valence-corrected chi connectivity index (χ1v) is 5.51. The summed E-state index contributed by atoms with van der Waals surface area (Å²) in [5, 5.41) is 11.2. The largest absolute Gasteiger partial charge is 0.478 e. The minimum absolute atomic E-state index is 0.0364. The number of carbonyl (C=O) groups is 2. The van der Waals surface area contributed by atoms with Crippen LogP contribution in [0.5, 0.6) is 0 Å². The van der Waals surface area contributed by atoms with Crippen molar-refractivity contribution in [2.45, 2.75) is 0 Å². The third-order valence-electron chi connectivity index (χ3n) is 2.51. The minimum Gasteiger partial charge on any atom is -0.478 e. The number of amides is 1. The van der Waals surface area contributed by atoms with Gasteiger partial charge in [0.25, 0.3) is 5.91 Å². The molecule has 3 N–H and O–H groups in total. The number of rotatable bonds is 3. The zero-order valence-corrected chi connectivity index (χ0v) is 10.0. The third-order valence-corrected chi connectivity index (χ3v) is 2.51. The molecule has 0 saturated carbocycles. The zero-order valence-electron chi connectivity index (χ0n) is 10.0. The predicted molar refractivity (Wildman–Crippen MR) is 68.4 cm³/mol. The number of aromatic amines is 1. The number of carbonyl (C=O) groups excluding carboxylic acids is 1. The smallest absolute Gasteiger partial charge is 0.340 e. The molecule has 1 heterocycles. The van der Waals surface area contributed by atoms with E-state index in [0.717, 1.165) is 12.1 Å². The summed E-state index contributed by atoms with van der Waals surface area (Å²) >= 11 is 0. The number of carboxylic acid groups (broad SMARTS) is 1. The summed E-state index contributed by atoms with van der Waals surface area (Å²) in [6.45, 7) is 0. The highest BCUT2D eigenvalue weighted by Gasteiger charge is 2.17. The van der Waals surface area contributed by atoms with Crippen LogP contribution in [0.15, 0.2) is 41.3 Å². The number of hydrogen-bond donors (Lipinski definition) is 3. The summed E-state index contributed by atoms with van der Waals surface area (Å²) in [5.74, 6) is -3.16. The molecule has 6 nitrogen and oxygen atoms in total. The first kappa shape index (κ1) is 13.5. The predicted octanol–water partition coefficient (Wildman–Crippen LogP) is 1.46. The maximum Gasteiger partial charge on any atom is 0.340 e. The molecule has 1 amide bonds. The van der Waals surface area contributed by atoms with Gasteiger partial charge < -0.3 is 15.4 Å². The fourth-order valence-electron chi connectivity index (χ4n) is 1.63. The first-order chi connectivity index (χ1) is 9.49. The lowest BCUT2D eigenvalue weighted by molar-refractivity contribution is 0.0693. The zero-order chi connectivity index (χ0) is 14.7. The highest BCUT2D eigenvalue weighted by molar-refractivity contribution is 6.07. The second kappa shape index (κ2) is 5.35. The van der Waals surface area contributed by atoms with E-state index in [0.29, 0.717) is 0 Å². The molecule has 2 aromatic rings. The van der Waals surface area contributed by atoms with Crippen LogP contribution in [0.2, 0.25) is 0 Å². The van der Waals surface area contributed by atoms with Gasteiger partial charge in [-0.15, -0.1) is 0 Å². The molecule has 7 heteroatoms. The van der Waals surface area contributed by atoms with E-state index < -0.39 is 28.8 Å². The molecule has 1 aromatic carbocycles. The van der Waals surface area contributed by atoms with Crippen LogP contribution in [0.4, 0.5) is 10.1 Å². The number of aromatic nitrogens is 1. The second-order valence-corrected chi connectivity index (χ2v) is 3.86. The molecule has 0 atom stereocenters. The lowest BCUT2D eigenvalue weighted by Gasteiger charge is -2.08. The molecule has 0 saturated heterocycles. The van der Waals surface area contributed by atoms with Crippen LogP contribution in [0, 0.1) is 5.82 Å². The molecule has 0 aliphatic heterocycles. The molecule has 0 fully saturated rings. The Morgan fingerprint density at radius 2 is 2.00 bits per heavy atom. The molecular weight excluding hydrogens is 267 g/mol. The van der Waals surface area contributed by atoms with E-state index in [1.54, 1.807) is 0 Å². The van der Waals surface area contributed by atoms with Crippen LogP contribution in [-0.4, -0.2) is 22.0 Å². The number of pyridine rings is 1. The lowest BCUT2D eigenvalue weighted by Crippen LogP contribution is -2.18. The topological polar surface area (TPSA) is 99.3 Å². The fraction of sp³-hybridized carbons (Fsp3) is 0. The van der Waals surface area contributed by atoms with Crippen molar-refractivity contribution in [3.05, 3.63) is 63.8 Å². The summed E-state index contributed by atoms with van der Waals surface area (Å²) in [4.78, 5) is 36.3. The van der Waals surface area contributed by atoms with E-state index in [-0.39, 0.29) is 11.3 Å². The number of anilines is 1. The van der Waals surface area contributed by atoms with Gasteiger partial charge >= 0.3 is 5.97 Å². The summed E-state index contributed by atoms with van der Waals surface area (Å²) in [6, 6.07) is 5.91. The molecule has 20 heavy (non-hydrogen) atoms. The van der Waals surface area contributed by atoms with Crippen molar-refractivity contribution in [1.82, 2.24) is 4.98 Å². The molecule has 0 unspecified atom stereocenters. The van der Waals surface area contributed by atoms with Crippen molar-refractivity contribution in [3.8, 4) is 0 Å². The summed E-state index contributed by atoms with van der Waals surface area (Å²) in [6.07, 6.45) is 1.28. The van der Waals surface area contributed by atoms with Gasteiger partial charge in [-0.2, -0.15) is 0 Å². The first-order valence-electron chi connectivity index (χ1n) is 5.51. The van der Waals surface area contributed by atoms with Gasteiger partial charge in [-0.05, 0) is 18.2 Å². The van der Waals surface area contributed by atoms with Crippen molar-refractivity contribution in [1.29, 1.82) is 0 Å². The second-order valence-electron chi connectivity index (χ2n) is 3.86. The normalized spacial score (nSPS) is 10.1. The number of nitrogens with one attached hydrogen (secondary N) is 2. The molecule has 0 aliphatic carbocycles. The van der Waals surface area contributed by atoms with Gasteiger partial charge in [-0.3, -0.25) is 9.59 Å². The van der Waals surface area contributed by atoms with Gasteiger partial charge in [0.2, 0.25) is 5.56 Å². The van der Waals surface area contributed by atoms with Crippen LogP contribution in [0.3, 0.4) is 0 Å². The molecular formula is C13H9FN2O4. The average Bonchev–Trinajstić information content (AvgIpc) is 2.38. The van der Waals surface area contributed by atoms with E-state index in [1.807, 2.05) is 0 Å². The van der Waals surface area contributed by atoms with Crippen molar-refractivity contribution in [2.24, 2.45) is 0 Å². The van der Waals surface area contributed by atoms with E-state index in [2.05, 4.69) is 10.3 Å². The van der Waals surface area contributed by atoms with E-state index in [4.69, 9.17) is 5.11 Å². The van der Waals surface area contributed by atoms with E-state index in [1.165, 1.54) is 24.4 Å². The van der Waals surface area contributed by atoms with E-state index >= 15 is 0 Å². The van der Waals surface area contributed by atoms with Gasteiger partial charge in [-0.25, -0.2) is 9.18 Å². The van der Waals surface area contributed by atoms with Crippen LogP contribution in [0.25, 0.3) is 0 Å². The van der Waals surface area contributed by atoms with Crippen molar-refractivity contribution in [2.75, 3.05) is 5.32 Å². The number of hydrogen-bond acceptors (Lipinski definition) is 3. The van der Waals surface area contributed by atoms with Gasteiger partial charge in [0, 0.05) is 17.8 Å². The molecule has 1 aromatic heterocycles. The number of benzene rings is 1. The Kier molecular flexibility index (Phi) is 3.60. The minimum atomic E-state index is -1.50. The Balaban J connectivity index is 2.36. The molecule has 0 aliphatic rings. The quantitative estimate of drug-likeness (QED) is 0.790. The Labute approximate surface area is 111 Å². The van der Waals surface area contributed by atoms with Crippen molar-refractivity contribution >= 4 is 17.6 Å². The maximum absolute atomic E-state index is 13.4. The van der Waals surface area contributed by atoms with E-state index in [9.17, 15) is 18.8 Å². The molecule has 102 valence electrons. The van der Waals surface area contributed by atoms with Gasteiger partial charge in [0.1, 0.15) is 11.4 Å². The Morgan fingerprint density at radius 1 is 1.25 bits per heavy atom. The Morgan fingerprint density at radius 3 is 2.65 bits per heavy atom. The number of aromatic carboxylic acids is 1. The summed E-state index contributed by atoms with van der Waals surface area (Å²) in [5.41, 5.74) is -1.25. The maximum atomic E-state index is 13.4. The van der Waals surface area contributed by atoms with Gasteiger partial charge in [-0.1, -0.05) is 6.07 Å². The summed E-state index contributed by atoms with van der Waals surface area (Å²) in [7, 11) is 0. The number of halogens is 1. The monoisotopic (exact) mass is 276 g/mol.